The summed E-state index contributed by atoms with van der Waals surface area (Å²) in [6.45, 7) is 0.949. The van der Waals surface area contributed by atoms with Crippen LogP contribution >= 0.6 is 11.6 Å². The fraction of sp³-hybridized carbons (Fsp3) is 0.333. The Labute approximate surface area is 133 Å². The van der Waals surface area contributed by atoms with Crippen LogP contribution in [0, 0.1) is 11.8 Å². The molecule has 116 valence electrons. The molecule has 1 heterocycles. The molecule has 1 aliphatic rings. The molecule has 7 heteroatoms. The number of rotatable bonds is 6. The number of hydrogen-bond donors (Lipinski definition) is 3. The van der Waals surface area contributed by atoms with E-state index < -0.39 is 0 Å². The average Bonchev–Trinajstić information content (AvgIpc) is 3.28. The summed E-state index contributed by atoms with van der Waals surface area (Å²) in [4.78, 5) is 8.14. The van der Waals surface area contributed by atoms with E-state index in [1.807, 2.05) is 0 Å². The summed E-state index contributed by atoms with van der Waals surface area (Å²) in [5.74, 6) is 2.71. The van der Waals surface area contributed by atoms with Crippen molar-refractivity contribution >= 4 is 23.4 Å². The van der Waals surface area contributed by atoms with Crippen LogP contribution in [0.25, 0.3) is 0 Å². The molecule has 4 N–H and O–H groups in total. The van der Waals surface area contributed by atoms with Crippen molar-refractivity contribution in [1.82, 2.24) is 9.97 Å². The maximum atomic E-state index is 9.08. The Bertz CT molecular complexity index is 650. The van der Waals surface area contributed by atoms with E-state index in [-0.39, 0.29) is 12.6 Å². The van der Waals surface area contributed by atoms with Crippen LogP contribution in [0.3, 0.4) is 0 Å². The van der Waals surface area contributed by atoms with Gasteiger partial charge < -0.3 is 20.9 Å². The third kappa shape index (κ3) is 3.58. The highest BCUT2D eigenvalue weighted by atomic mass is 35.5. The minimum absolute atomic E-state index is 0.181. The van der Waals surface area contributed by atoms with E-state index in [4.69, 9.17) is 27.2 Å². The number of nitrogens with one attached hydrogen (secondary N) is 1. The normalized spacial score (nSPS) is 19.7. The van der Waals surface area contributed by atoms with E-state index in [0.29, 0.717) is 34.2 Å². The van der Waals surface area contributed by atoms with Gasteiger partial charge in [0.2, 0.25) is 5.95 Å². The third-order valence-electron chi connectivity index (χ3n) is 3.65. The molecule has 0 amide bonds. The number of hydrogen-bond acceptors (Lipinski definition) is 6. The summed E-state index contributed by atoms with van der Waals surface area (Å²) in [6, 6.07) is 7.03. The number of aromatic nitrogens is 2. The first-order valence-corrected chi connectivity index (χ1v) is 7.44. The lowest BCUT2D eigenvalue weighted by Gasteiger charge is -2.12. The highest BCUT2D eigenvalue weighted by molar-refractivity contribution is 6.30. The summed E-state index contributed by atoms with van der Waals surface area (Å²) in [5.41, 5.74) is 5.64. The van der Waals surface area contributed by atoms with Crippen LogP contribution in [0.1, 0.15) is 6.42 Å². The molecule has 0 spiro atoms. The molecule has 0 saturated heterocycles. The number of benzene rings is 1. The Morgan fingerprint density at radius 2 is 2.09 bits per heavy atom. The second-order valence-corrected chi connectivity index (χ2v) is 5.75. The fourth-order valence-electron chi connectivity index (χ4n) is 2.23. The van der Waals surface area contributed by atoms with Crippen molar-refractivity contribution in [3.05, 3.63) is 35.5 Å². The lowest BCUT2D eigenvalue weighted by atomic mass is 10.3. The number of anilines is 2. The minimum atomic E-state index is 0.181. The minimum Gasteiger partial charge on any atom is -0.452 e. The van der Waals surface area contributed by atoms with E-state index in [9.17, 15) is 0 Å². The molecular formula is C15H17ClN4O2. The Morgan fingerprint density at radius 3 is 2.77 bits per heavy atom. The van der Waals surface area contributed by atoms with Gasteiger partial charge in [0.25, 0.3) is 0 Å². The third-order valence-corrected chi connectivity index (χ3v) is 3.90. The van der Waals surface area contributed by atoms with Crippen molar-refractivity contribution in [3.63, 3.8) is 0 Å². The zero-order valence-corrected chi connectivity index (χ0v) is 12.6. The molecular weight excluding hydrogens is 304 g/mol. The van der Waals surface area contributed by atoms with Crippen molar-refractivity contribution in [3.8, 4) is 11.5 Å². The number of aliphatic hydroxyl groups excluding tert-OH is 1. The van der Waals surface area contributed by atoms with E-state index >= 15 is 0 Å². The summed E-state index contributed by atoms with van der Waals surface area (Å²) < 4.78 is 5.77. The molecule has 6 nitrogen and oxygen atoms in total. The highest BCUT2D eigenvalue weighted by Crippen LogP contribution is 2.38. The number of nitrogens with zero attached hydrogens (tertiary/aromatic N) is 2. The second kappa shape index (κ2) is 6.37. The van der Waals surface area contributed by atoms with E-state index in [1.54, 1.807) is 24.3 Å². The standard InChI is InChI=1S/C15H17ClN4O2/c16-11-1-3-12(4-2-11)22-13-7-19-15(17)20-14(13)18-6-9-5-10(9)8-21/h1-4,7,9-10,21H,5-6,8H2,(H3,17,18,19,20)/t9-,10-/m0/s1. The van der Waals surface area contributed by atoms with Crippen LogP contribution in [0.2, 0.25) is 5.02 Å². The smallest absolute Gasteiger partial charge is 0.222 e. The molecule has 3 rings (SSSR count). The van der Waals surface area contributed by atoms with Gasteiger partial charge in [-0.1, -0.05) is 11.6 Å². The topological polar surface area (TPSA) is 93.3 Å². The summed E-state index contributed by atoms with van der Waals surface area (Å²) in [5, 5.41) is 12.9. The maximum Gasteiger partial charge on any atom is 0.222 e. The van der Waals surface area contributed by atoms with Gasteiger partial charge in [-0.25, -0.2) is 4.98 Å². The van der Waals surface area contributed by atoms with Gasteiger partial charge in [0.15, 0.2) is 11.6 Å². The van der Waals surface area contributed by atoms with Gasteiger partial charge in [-0.15, -0.1) is 0 Å². The Morgan fingerprint density at radius 1 is 1.32 bits per heavy atom. The molecule has 2 aromatic rings. The van der Waals surface area contributed by atoms with Crippen molar-refractivity contribution in [2.75, 3.05) is 24.2 Å². The zero-order chi connectivity index (χ0) is 15.5. The number of aliphatic hydroxyl groups is 1. The van der Waals surface area contributed by atoms with Gasteiger partial charge in [-0.2, -0.15) is 4.98 Å². The Balaban J connectivity index is 1.71. The van der Waals surface area contributed by atoms with Gasteiger partial charge in [0, 0.05) is 18.2 Å². The van der Waals surface area contributed by atoms with E-state index in [0.717, 1.165) is 13.0 Å². The molecule has 22 heavy (non-hydrogen) atoms. The first kappa shape index (κ1) is 14.9. The number of nitrogen functional groups attached to an aromatic ring is 1. The molecule has 0 unspecified atom stereocenters. The van der Waals surface area contributed by atoms with Crippen LogP contribution in [0.4, 0.5) is 11.8 Å². The van der Waals surface area contributed by atoms with Crippen molar-refractivity contribution in [2.24, 2.45) is 11.8 Å². The Hall–Kier alpha value is -2.05. The van der Waals surface area contributed by atoms with E-state index in [2.05, 4.69) is 15.3 Å². The molecule has 0 bridgehead atoms. The van der Waals surface area contributed by atoms with Crippen molar-refractivity contribution < 1.29 is 9.84 Å². The van der Waals surface area contributed by atoms with Gasteiger partial charge >= 0.3 is 0 Å². The fourth-order valence-corrected chi connectivity index (χ4v) is 2.35. The predicted octanol–water partition coefficient (Wildman–Crippen LogP) is 2.54. The lowest BCUT2D eigenvalue weighted by Crippen LogP contribution is -2.10. The summed E-state index contributed by atoms with van der Waals surface area (Å²) >= 11 is 5.86. The molecule has 0 aliphatic heterocycles. The number of halogens is 1. The van der Waals surface area contributed by atoms with Gasteiger partial charge in [-0.3, -0.25) is 0 Å². The predicted molar refractivity (Wildman–Crippen MR) is 85.1 cm³/mol. The van der Waals surface area contributed by atoms with E-state index in [1.165, 1.54) is 6.20 Å². The molecule has 1 aromatic heterocycles. The lowest BCUT2D eigenvalue weighted by molar-refractivity contribution is 0.270. The van der Waals surface area contributed by atoms with Crippen molar-refractivity contribution in [1.29, 1.82) is 0 Å². The molecule has 2 atom stereocenters. The van der Waals surface area contributed by atoms with Crippen LogP contribution in [-0.2, 0) is 0 Å². The quantitative estimate of drug-likeness (QED) is 0.757. The molecule has 1 saturated carbocycles. The SMILES string of the molecule is Nc1ncc(Oc2ccc(Cl)cc2)c(NC[C@@H]2C[C@H]2CO)n1. The average molecular weight is 321 g/mol. The van der Waals surface area contributed by atoms with Crippen molar-refractivity contribution in [2.45, 2.75) is 6.42 Å². The molecule has 1 fully saturated rings. The summed E-state index contributed by atoms with van der Waals surface area (Å²) in [6.07, 6.45) is 2.56. The van der Waals surface area contributed by atoms with Crippen LogP contribution in [0.5, 0.6) is 11.5 Å². The van der Waals surface area contributed by atoms with Crippen LogP contribution in [-0.4, -0.2) is 28.2 Å². The largest absolute Gasteiger partial charge is 0.452 e. The van der Waals surface area contributed by atoms with Gasteiger partial charge in [0.05, 0.1) is 6.20 Å². The second-order valence-electron chi connectivity index (χ2n) is 5.32. The first-order valence-electron chi connectivity index (χ1n) is 7.06. The Kier molecular flexibility index (Phi) is 4.31. The maximum absolute atomic E-state index is 9.08. The van der Waals surface area contributed by atoms with Crippen LogP contribution in [0.15, 0.2) is 30.5 Å². The summed E-state index contributed by atoms with van der Waals surface area (Å²) in [7, 11) is 0. The van der Waals surface area contributed by atoms with Gasteiger partial charge in [0.1, 0.15) is 5.75 Å². The monoisotopic (exact) mass is 320 g/mol. The highest BCUT2D eigenvalue weighted by Gasteiger charge is 2.36. The molecule has 1 aromatic carbocycles. The molecule has 0 radical (unpaired) electrons. The number of ether oxygens (including phenoxy) is 1. The molecule has 1 aliphatic carbocycles. The zero-order valence-electron chi connectivity index (χ0n) is 11.9. The van der Waals surface area contributed by atoms with Gasteiger partial charge in [-0.05, 0) is 42.5 Å². The number of nitrogens with two attached hydrogens (primary N) is 1. The van der Waals surface area contributed by atoms with Crippen LogP contribution < -0.4 is 15.8 Å². The first-order chi connectivity index (χ1) is 10.7.